The predicted molar refractivity (Wildman–Crippen MR) is 140 cm³/mol. The molecule has 0 aromatic carbocycles. The molecule has 9 nitrogen and oxygen atoms in total. The van der Waals surface area contributed by atoms with Gasteiger partial charge in [-0.15, -0.1) is 0 Å². The van der Waals surface area contributed by atoms with Crippen molar-refractivity contribution >= 4 is 23.3 Å². The molecule has 3 aromatic heterocycles. The highest BCUT2D eigenvalue weighted by Gasteiger charge is 2.30. The maximum Gasteiger partial charge on any atom is 0.318 e. The maximum absolute atomic E-state index is 13.3. The van der Waals surface area contributed by atoms with Gasteiger partial charge in [-0.1, -0.05) is 0 Å². The number of piperidine rings is 1. The van der Waals surface area contributed by atoms with E-state index >= 15 is 0 Å². The summed E-state index contributed by atoms with van der Waals surface area (Å²) in [7, 11) is 1.93. The normalized spacial score (nSPS) is 15.5. The lowest BCUT2D eigenvalue weighted by molar-refractivity contribution is 0.0942. The van der Waals surface area contributed by atoms with E-state index < -0.39 is 5.91 Å². The molecule has 0 bridgehead atoms. The van der Waals surface area contributed by atoms with Crippen LogP contribution in [0, 0.1) is 0 Å². The minimum absolute atomic E-state index is 0.0389. The number of nitrogens with two attached hydrogens (primary N) is 1. The van der Waals surface area contributed by atoms with E-state index in [1.165, 1.54) is 0 Å². The zero-order valence-corrected chi connectivity index (χ0v) is 21.8. The lowest BCUT2D eigenvalue weighted by Gasteiger charge is -2.40. The summed E-state index contributed by atoms with van der Waals surface area (Å²) in [5.74, 6) is -0.432. The van der Waals surface area contributed by atoms with Crippen LogP contribution in [-0.2, 0) is 26.6 Å². The molecule has 1 aliphatic heterocycles. The number of hydrogen-bond donors (Lipinski definition) is 2. The number of carbonyl (C=O) groups is 2. The van der Waals surface area contributed by atoms with Crippen LogP contribution in [0.1, 0.15) is 53.5 Å². The van der Waals surface area contributed by atoms with Gasteiger partial charge in [-0.2, -0.15) is 11.3 Å². The second kappa shape index (κ2) is 12.1. The summed E-state index contributed by atoms with van der Waals surface area (Å²) < 4.78 is 1.92. The lowest BCUT2D eigenvalue weighted by Crippen LogP contribution is -2.51. The van der Waals surface area contributed by atoms with Crippen molar-refractivity contribution in [1.29, 1.82) is 0 Å². The fraction of sp³-hybridized carbons (Fsp3) is 0.462. The number of aryl methyl sites for hydroxylation is 2. The van der Waals surface area contributed by atoms with Crippen molar-refractivity contribution < 1.29 is 9.59 Å². The number of primary amides is 1. The SMILES string of the molecule is C[C@H](CCc1ncccc1C(N)=O)N1CCC(N(Cc2ccsc2)C(=O)NCc2cncn2C)CC1. The number of amides is 3. The molecule has 1 fully saturated rings. The van der Waals surface area contributed by atoms with Gasteiger partial charge in [-0.05, 0) is 67.1 Å². The second-order valence-electron chi connectivity index (χ2n) is 9.43. The van der Waals surface area contributed by atoms with Crippen molar-refractivity contribution in [1.82, 2.24) is 29.7 Å². The Morgan fingerprint density at radius 2 is 2.11 bits per heavy atom. The van der Waals surface area contributed by atoms with E-state index in [1.54, 1.807) is 42.2 Å². The standard InChI is InChI=1S/C26H35N7O2S/c1-19(5-6-24-23(25(27)34)4-3-10-29-24)32-11-7-21(8-12-32)33(16-20-9-13-36-17-20)26(35)30-15-22-14-28-18-31(22)2/h3-4,9-10,13-14,17-19,21H,5-8,11-12,15-16H2,1-2H3,(H2,27,34)(H,30,35)/t19-/m1/s1. The van der Waals surface area contributed by atoms with Gasteiger partial charge in [-0.25, -0.2) is 9.78 Å². The molecule has 3 amide bonds. The molecule has 0 spiro atoms. The summed E-state index contributed by atoms with van der Waals surface area (Å²) in [6, 6.07) is 6.05. The highest BCUT2D eigenvalue weighted by atomic mass is 32.1. The third-order valence-electron chi connectivity index (χ3n) is 7.05. The van der Waals surface area contributed by atoms with Crippen molar-refractivity contribution in [2.75, 3.05) is 13.1 Å². The van der Waals surface area contributed by atoms with E-state index in [4.69, 9.17) is 5.73 Å². The van der Waals surface area contributed by atoms with Gasteiger partial charge in [0, 0.05) is 51.2 Å². The molecule has 10 heteroatoms. The van der Waals surface area contributed by atoms with Crippen molar-refractivity contribution in [2.45, 2.75) is 57.8 Å². The van der Waals surface area contributed by atoms with Crippen LogP contribution < -0.4 is 11.1 Å². The molecule has 192 valence electrons. The van der Waals surface area contributed by atoms with Crippen LogP contribution in [0.15, 0.2) is 47.7 Å². The number of carbonyl (C=O) groups excluding carboxylic acids is 2. The van der Waals surface area contributed by atoms with Gasteiger partial charge in [0.25, 0.3) is 5.91 Å². The molecule has 36 heavy (non-hydrogen) atoms. The first kappa shape index (κ1) is 25.8. The number of imidazole rings is 1. The van der Waals surface area contributed by atoms with E-state index in [9.17, 15) is 9.59 Å². The molecule has 0 radical (unpaired) electrons. The number of likely N-dealkylation sites (tertiary alicyclic amines) is 1. The Hall–Kier alpha value is -3.24. The van der Waals surface area contributed by atoms with Crippen LogP contribution in [0.2, 0.25) is 0 Å². The summed E-state index contributed by atoms with van der Waals surface area (Å²) in [5.41, 5.74) is 8.90. The molecular formula is C26H35N7O2S. The van der Waals surface area contributed by atoms with Crippen LogP contribution in [0.4, 0.5) is 4.79 Å². The summed E-state index contributed by atoms with van der Waals surface area (Å²) in [6.45, 7) is 5.12. The van der Waals surface area contributed by atoms with E-state index in [-0.39, 0.29) is 12.1 Å². The van der Waals surface area contributed by atoms with Gasteiger partial charge in [0.2, 0.25) is 0 Å². The van der Waals surface area contributed by atoms with Crippen molar-refractivity contribution in [3.05, 3.63) is 70.2 Å². The molecule has 0 saturated carbocycles. The molecule has 4 rings (SSSR count). The van der Waals surface area contributed by atoms with Crippen LogP contribution >= 0.6 is 11.3 Å². The number of urea groups is 1. The summed E-state index contributed by atoms with van der Waals surface area (Å²) in [4.78, 5) is 37.9. The zero-order chi connectivity index (χ0) is 25.5. The molecule has 1 saturated heterocycles. The first-order chi connectivity index (χ1) is 17.4. The third-order valence-corrected chi connectivity index (χ3v) is 7.78. The Labute approximate surface area is 216 Å². The van der Waals surface area contributed by atoms with Crippen molar-refractivity contribution in [3.63, 3.8) is 0 Å². The van der Waals surface area contributed by atoms with Gasteiger partial charge in [0.15, 0.2) is 0 Å². The van der Waals surface area contributed by atoms with Crippen molar-refractivity contribution in [3.8, 4) is 0 Å². The van der Waals surface area contributed by atoms with Crippen LogP contribution in [0.5, 0.6) is 0 Å². The Morgan fingerprint density at radius 3 is 2.78 bits per heavy atom. The van der Waals surface area contributed by atoms with Gasteiger partial charge in [0.1, 0.15) is 0 Å². The number of pyridine rings is 1. The molecule has 1 aliphatic rings. The monoisotopic (exact) mass is 509 g/mol. The number of nitrogens with zero attached hydrogens (tertiary/aromatic N) is 5. The Morgan fingerprint density at radius 1 is 1.31 bits per heavy atom. The number of hydrogen-bond acceptors (Lipinski definition) is 6. The van der Waals surface area contributed by atoms with Gasteiger partial charge in [0.05, 0.1) is 29.8 Å². The van der Waals surface area contributed by atoms with Crippen LogP contribution in [0.25, 0.3) is 0 Å². The first-order valence-corrected chi connectivity index (χ1v) is 13.3. The Balaban J connectivity index is 1.33. The van der Waals surface area contributed by atoms with Crippen molar-refractivity contribution in [2.24, 2.45) is 12.8 Å². The zero-order valence-electron chi connectivity index (χ0n) is 21.0. The van der Waals surface area contributed by atoms with Gasteiger partial charge in [-0.3, -0.25) is 9.78 Å². The third kappa shape index (κ3) is 6.50. The first-order valence-electron chi connectivity index (χ1n) is 12.4. The fourth-order valence-corrected chi connectivity index (χ4v) is 5.46. The van der Waals surface area contributed by atoms with Gasteiger partial charge < -0.3 is 25.4 Å². The molecule has 1 atom stereocenters. The minimum Gasteiger partial charge on any atom is -0.366 e. The topological polar surface area (TPSA) is 109 Å². The van der Waals surface area contributed by atoms with Crippen LogP contribution in [0.3, 0.4) is 0 Å². The summed E-state index contributed by atoms with van der Waals surface area (Å²) in [5, 5.41) is 7.25. The predicted octanol–water partition coefficient (Wildman–Crippen LogP) is 3.17. The molecule has 3 aromatic rings. The number of nitrogens with one attached hydrogen (secondary N) is 1. The second-order valence-corrected chi connectivity index (χ2v) is 10.2. The summed E-state index contributed by atoms with van der Waals surface area (Å²) in [6.07, 6.45) is 8.67. The van der Waals surface area contributed by atoms with E-state index in [0.717, 1.165) is 49.3 Å². The fourth-order valence-electron chi connectivity index (χ4n) is 4.80. The average Bonchev–Trinajstić information content (AvgIpc) is 3.56. The number of thiophene rings is 1. The van der Waals surface area contributed by atoms with Crippen LogP contribution in [-0.4, -0.2) is 61.4 Å². The minimum atomic E-state index is -0.432. The number of aromatic nitrogens is 3. The highest BCUT2D eigenvalue weighted by molar-refractivity contribution is 7.07. The highest BCUT2D eigenvalue weighted by Crippen LogP contribution is 2.23. The molecule has 4 heterocycles. The smallest absolute Gasteiger partial charge is 0.318 e. The van der Waals surface area contributed by atoms with E-state index in [0.29, 0.717) is 31.1 Å². The summed E-state index contributed by atoms with van der Waals surface area (Å²) >= 11 is 1.65. The lowest BCUT2D eigenvalue weighted by atomic mass is 9.99. The molecule has 0 aliphatic carbocycles. The molecule has 0 unspecified atom stereocenters. The maximum atomic E-state index is 13.3. The number of rotatable bonds is 10. The molecular weight excluding hydrogens is 474 g/mol. The Bertz CT molecular complexity index is 1140. The average molecular weight is 510 g/mol. The largest absolute Gasteiger partial charge is 0.366 e. The quantitative estimate of drug-likeness (QED) is 0.436. The Kier molecular flexibility index (Phi) is 8.71. The molecule has 3 N–H and O–H groups in total. The van der Waals surface area contributed by atoms with Gasteiger partial charge >= 0.3 is 6.03 Å². The van der Waals surface area contributed by atoms with E-state index in [2.05, 4.69) is 43.9 Å². The van der Waals surface area contributed by atoms with E-state index in [1.807, 2.05) is 16.5 Å².